The molecule has 1 aromatic carbocycles. The van der Waals surface area contributed by atoms with Crippen LogP contribution in [0.1, 0.15) is 149 Å². The molecule has 138 heavy (non-hydrogen) atoms. The topological polar surface area (TPSA) is 569 Å². The average Bonchev–Trinajstić information content (AvgIpc) is 0.877. The number of aliphatic hydroxyl groups excluding tert-OH is 3. The third-order valence-corrected chi connectivity index (χ3v) is 26.3. The molecule has 0 spiro atoms. The Bertz CT molecular complexity index is 7070. The summed E-state index contributed by atoms with van der Waals surface area (Å²) in [5, 5.41) is 79.0. The molecule has 0 radical (unpaired) electrons. The van der Waals surface area contributed by atoms with E-state index in [1.54, 1.807) is 50.6 Å². The third kappa shape index (κ3) is 18.2. The summed E-state index contributed by atoms with van der Waals surface area (Å²) in [7, 11) is 1.60. The first-order valence-electron chi connectivity index (χ1n) is 45.9. The van der Waals surface area contributed by atoms with E-state index in [9.17, 15) is 34.5 Å². The van der Waals surface area contributed by atoms with Crippen molar-refractivity contribution in [1.29, 1.82) is 0 Å². The number of pyridine rings is 11. The van der Waals surface area contributed by atoms with E-state index in [1.807, 2.05) is 144 Å². The molecule has 40 nitrogen and oxygen atoms in total. The van der Waals surface area contributed by atoms with Gasteiger partial charge in [0.25, 0.3) is 5.91 Å². The van der Waals surface area contributed by atoms with Crippen LogP contribution in [-0.2, 0) is 88.7 Å². The van der Waals surface area contributed by atoms with Gasteiger partial charge in [0.05, 0.1) is 46.8 Å². The molecule has 4 aliphatic heterocycles. The summed E-state index contributed by atoms with van der Waals surface area (Å²) in [6, 6.07) is 28.9. The Morgan fingerprint density at radius 3 is 1.05 bits per heavy atom. The van der Waals surface area contributed by atoms with E-state index in [2.05, 4.69) is 112 Å². The summed E-state index contributed by atoms with van der Waals surface area (Å²) in [6.07, 6.45) is 20.3. The van der Waals surface area contributed by atoms with Gasteiger partial charge in [-0.1, -0.05) is 12.1 Å². The van der Waals surface area contributed by atoms with Crippen molar-refractivity contribution in [3.05, 3.63) is 213 Å². The average molecular weight is 1860 g/mol. The molecular weight excluding hydrogens is 1750 g/mol. The second-order valence-corrected chi connectivity index (χ2v) is 35.5. The number of hydrogen-bond donors (Lipinski definition) is 15. The molecule has 0 fully saturated rings. The maximum Gasteiger partial charge on any atom is 0.267 e. The molecular formula is C98H102N32O8. The van der Waals surface area contributed by atoms with Crippen LogP contribution in [0.15, 0.2) is 134 Å². The molecule has 19 heterocycles. The van der Waals surface area contributed by atoms with Gasteiger partial charge in [-0.25, -0.2) is 44.9 Å². The number of hydroxylamine groups is 2. The standard InChI is InChI=1S/3C25H26N8O2.C23H24N8O2/c3*1-13-16(10-28-18-3-2-4-20(34)24(13)18)19-7-14-8-21(29-11-17(14)25(26)30-19)31-22-9-15-5-6-27-23(35)12-33(15)32-22;1-12-15(5-4-6-17(12)24)18-7-14-8-20(26-10-16(14)23(25)27-18)28-21-9-19-13(2)33-30(3)22(32)11-31(19)29-21/h3*7-11,20,34H,2-6,12H2,1H3,(H2,26,30)(H,27,35)(H,29,31,32);4-10,13H,11,24H2,1-3H3,(H2,25,27)(H,26,28,29)/t2*20-;;13-/m10.1/s1. The molecule has 4 atom stereocenters. The predicted molar refractivity (Wildman–Crippen MR) is 522 cm³/mol. The molecule has 7 aliphatic rings. The second kappa shape index (κ2) is 37.2. The number of aliphatic hydroxyl groups is 3. The molecule has 23 rings (SSSR count). The highest BCUT2D eigenvalue weighted by molar-refractivity contribution is 5.99. The summed E-state index contributed by atoms with van der Waals surface area (Å²) in [4.78, 5) is 103. The number of carbonyl (C=O) groups is 4. The summed E-state index contributed by atoms with van der Waals surface area (Å²) >= 11 is 0. The molecule has 3 aliphatic carbocycles. The summed E-state index contributed by atoms with van der Waals surface area (Å²) < 4.78 is 6.78. The molecule has 16 aromatic rings. The number of carbonyl (C=O) groups excluding carboxylic acids is 4. The number of benzene rings is 1. The van der Waals surface area contributed by atoms with E-state index in [0.29, 0.717) is 112 Å². The second-order valence-electron chi connectivity index (χ2n) is 35.5. The van der Waals surface area contributed by atoms with Crippen LogP contribution >= 0.6 is 0 Å². The van der Waals surface area contributed by atoms with E-state index >= 15 is 0 Å². The fraction of sp³-hybridized carbons (Fsp3) is 0.296. The third-order valence-electron chi connectivity index (χ3n) is 26.3. The number of amides is 4. The largest absolute Gasteiger partial charge is 0.398 e. The highest BCUT2D eigenvalue weighted by Crippen LogP contribution is 2.43. The van der Waals surface area contributed by atoms with E-state index in [1.165, 1.54) is 5.06 Å². The zero-order valence-corrected chi connectivity index (χ0v) is 76.7. The summed E-state index contributed by atoms with van der Waals surface area (Å²) in [6.45, 7) is 12.4. The van der Waals surface area contributed by atoms with Crippen molar-refractivity contribution >= 4 is 142 Å². The first-order valence-corrected chi connectivity index (χ1v) is 45.9. The van der Waals surface area contributed by atoms with Gasteiger partial charge in [0.1, 0.15) is 78.8 Å². The number of likely N-dealkylation sites (N-methyl/N-ethyl adjacent to an activating group) is 1. The number of nitrogens with zero attached hydrogens (tertiary/aromatic N) is 20. The lowest BCUT2D eigenvalue weighted by atomic mass is 9.88. The van der Waals surface area contributed by atoms with E-state index < -0.39 is 18.3 Å². The highest BCUT2D eigenvalue weighted by Gasteiger charge is 2.32. The number of nitrogen functional groups attached to an aromatic ring is 5. The number of anilines is 13. The van der Waals surface area contributed by atoms with Gasteiger partial charge in [-0.15, -0.1) is 0 Å². The first-order chi connectivity index (χ1) is 66.7. The lowest BCUT2D eigenvalue weighted by Crippen LogP contribution is -2.28. The quantitative estimate of drug-likeness (QED) is 0.0505. The van der Waals surface area contributed by atoms with Gasteiger partial charge in [-0.3, -0.25) is 57.7 Å². The zero-order valence-electron chi connectivity index (χ0n) is 76.7. The van der Waals surface area contributed by atoms with Gasteiger partial charge < -0.3 is 81.2 Å². The Morgan fingerprint density at radius 2 is 0.703 bits per heavy atom. The van der Waals surface area contributed by atoms with Crippen LogP contribution in [0, 0.1) is 27.7 Å². The van der Waals surface area contributed by atoms with Crippen molar-refractivity contribution in [1.82, 2.24) is 115 Å². The Balaban J connectivity index is 0.000000113. The Kier molecular flexibility index (Phi) is 24.1. The van der Waals surface area contributed by atoms with Crippen LogP contribution in [0.3, 0.4) is 0 Å². The van der Waals surface area contributed by atoms with Gasteiger partial charge in [-0.05, 0) is 191 Å². The number of nitrogens with one attached hydrogen (secondary N) is 7. The van der Waals surface area contributed by atoms with Crippen LogP contribution in [0.5, 0.6) is 0 Å². The molecule has 40 heteroatoms. The van der Waals surface area contributed by atoms with Crippen LogP contribution in [0.2, 0.25) is 0 Å². The number of nitrogens with two attached hydrogens (primary N) is 5. The minimum atomic E-state index is -0.500. The number of aromatic nitrogens is 19. The normalized spacial score (nSPS) is 17.1. The Morgan fingerprint density at radius 1 is 0.377 bits per heavy atom. The SMILES string of the molecule is Cc1c(-c2cc3cc(Nc4cc5n(n4)CC(=O)NCC5)ncc3c(N)n2)cnc2c1C(O)CCC2.Cc1c(-c2cc3cc(Nc4cc5n(n4)CC(=O)NCC5)ncc3c(N)n2)cnc2c1[C@@H](O)CCC2.Cc1c(-c2cc3cc(Nc4cc5n(n4)CC(=O)NCC5)ncc3c(N)n2)cnc2c1[C@H](O)CCC2.Cc1c(N)cccc1-c1cc2cc(Nc3cc4n(n3)CC(=O)N(C)O[C@@H]4C)ncc2c(N)n1. The van der Waals surface area contributed by atoms with Crippen LogP contribution < -0.4 is 65.9 Å². The number of rotatable bonds is 12. The predicted octanol–water partition coefficient (Wildman–Crippen LogP) is 10.9. The molecule has 1 unspecified atom stereocenters. The summed E-state index contributed by atoms with van der Waals surface area (Å²) in [5.41, 5.74) is 51.6. The van der Waals surface area contributed by atoms with Crippen molar-refractivity contribution in [2.75, 3.05) is 76.6 Å². The van der Waals surface area contributed by atoms with Crippen LogP contribution in [0.25, 0.3) is 88.1 Å². The van der Waals surface area contributed by atoms with E-state index in [0.717, 1.165) is 227 Å². The zero-order chi connectivity index (χ0) is 95.6. The molecule has 4 amide bonds. The minimum Gasteiger partial charge on any atom is -0.398 e. The molecule has 20 N–H and O–H groups in total. The van der Waals surface area contributed by atoms with Crippen molar-refractivity contribution in [2.24, 2.45) is 0 Å². The van der Waals surface area contributed by atoms with Crippen LogP contribution in [0.4, 0.5) is 75.5 Å². The van der Waals surface area contributed by atoms with E-state index in [-0.39, 0.29) is 55.9 Å². The maximum atomic E-state index is 12.1. The highest BCUT2D eigenvalue weighted by atomic mass is 16.7. The van der Waals surface area contributed by atoms with E-state index in [4.69, 9.17) is 33.5 Å². The van der Waals surface area contributed by atoms with Gasteiger partial charge in [0.2, 0.25) is 17.7 Å². The number of aryl methyl sites for hydroxylation is 3. The van der Waals surface area contributed by atoms with Gasteiger partial charge >= 0.3 is 0 Å². The minimum absolute atomic E-state index is 0.0442. The Labute approximate surface area is 789 Å². The summed E-state index contributed by atoms with van der Waals surface area (Å²) in [5.74, 6) is 6.13. The Hall–Kier alpha value is -16.3. The lowest BCUT2D eigenvalue weighted by molar-refractivity contribution is -0.192. The number of hydrogen-bond acceptors (Lipinski definition) is 32. The number of fused-ring (bicyclic) bond motifs is 11. The lowest BCUT2D eigenvalue weighted by Gasteiger charge is -2.24. The fourth-order valence-electron chi connectivity index (χ4n) is 19.2. The van der Waals surface area contributed by atoms with Crippen LogP contribution in [-0.4, -0.2) is 165 Å². The van der Waals surface area contributed by atoms with Crippen molar-refractivity contribution in [3.8, 4) is 45.0 Å². The van der Waals surface area contributed by atoms with Gasteiger partial charge in [0, 0.05) is 214 Å². The smallest absolute Gasteiger partial charge is 0.267 e. The molecule has 702 valence electrons. The van der Waals surface area contributed by atoms with Crippen molar-refractivity contribution < 1.29 is 39.3 Å². The maximum absolute atomic E-state index is 12.1. The van der Waals surface area contributed by atoms with Crippen molar-refractivity contribution in [3.63, 3.8) is 0 Å². The fourth-order valence-corrected chi connectivity index (χ4v) is 19.2. The molecule has 0 bridgehead atoms. The monoisotopic (exact) mass is 1850 g/mol. The van der Waals surface area contributed by atoms with Gasteiger partial charge in [-0.2, -0.15) is 20.4 Å². The molecule has 15 aromatic heterocycles. The molecule has 0 saturated heterocycles. The first kappa shape index (κ1) is 89.5. The van der Waals surface area contributed by atoms with Crippen molar-refractivity contribution in [2.45, 2.75) is 162 Å². The molecule has 0 saturated carbocycles. The van der Waals surface area contributed by atoms with Gasteiger partial charge in [0.15, 0.2) is 23.3 Å².